The molecular weight excluding hydrogens is 314 g/mol. The molecule has 0 spiro atoms. The third-order valence-electron chi connectivity index (χ3n) is 4.37. The predicted octanol–water partition coefficient (Wildman–Crippen LogP) is 3.10. The first-order chi connectivity index (χ1) is 12.2. The van der Waals surface area contributed by atoms with E-state index in [1.807, 2.05) is 25.1 Å². The minimum absolute atomic E-state index is 0.695. The number of ether oxygens (including phenoxy) is 1. The molecule has 3 aromatic rings. The van der Waals surface area contributed by atoms with E-state index in [0.717, 1.165) is 54.5 Å². The van der Waals surface area contributed by atoms with Gasteiger partial charge in [-0.25, -0.2) is 9.97 Å². The van der Waals surface area contributed by atoms with Crippen LogP contribution in [0.25, 0.3) is 11.0 Å². The molecule has 0 bridgehead atoms. The highest BCUT2D eigenvalue weighted by Crippen LogP contribution is 2.24. The zero-order valence-electron chi connectivity index (χ0n) is 14.2. The molecule has 25 heavy (non-hydrogen) atoms. The van der Waals surface area contributed by atoms with Crippen LogP contribution < -0.4 is 16.0 Å². The monoisotopic (exact) mass is 335 g/mol. The minimum atomic E-state index is 0.695. The van der Waals surface area contributed by atoms with E-state index in [1.165, 1.54) is 5.69 Å². The molecule has 2 heterocycles. The first-order valence-electron chi connectivity index (χ1n) is 8.43. The van der Waals surface area contributed by atoms with Gasteiger partial charge >= 0.3 is 0 Å². The second kappa shape index (κ2) is 6.57. The maximum Gasteiger partial charge on any atom is 0.152 e. The van der Waals surface area contributed by atoms with Crippen LogP contribution in [0.3, 0.4) is 0 Å². The first kappa shape index (κ1) is 15.7. The average Bonchev–Trinajstić information content (AvgIpc) is 2.64. The quantitative estimate of drug-likeness (QED) is 0.716. The standard InChI is InChI=1S/C19H21N5O/c1-13-19(23-17-7-2-14(20)12-18(17)21-13)22-15-3-5-16(6-4-15)24-8-10-25-11-9-24/h2-7,12H,8-11,20H2,1H3,(H,22,23). The Morgan fingerprint density at radius 3 is 2.52 bits per heavy atom. The van der Waals surface area contributed by atoms with Gasteiger partial charge in [0.15, 0.2) is 5.82 Å². The van der Waals surface area contributed by atoms with Gasteiger partial charge in [0.2, 0.25) is 0 Å². The van der Waals surface area contributed by atoms with Gasteiger partial charge in [-0.15, -0.1) is 0 Å². The summed E-state index contributed by atoms with van der Waals surface area (Å²) < 4.78 is 5.40. The summed E-state index contributed by atoms with van der Waals surface area (Å²) in [5.41, 5.74) is 11.2. The summed E-state index contributed by atoms with van der Waals surface area (Å²) in [6, 6.07) is 14.0. The molecule has 0 amide bonds. The highest BCUT2D eigenvalue weighted by molar-refractivity contribution is 5.80. The normalized spacial score (nSPS) is 14.7. The molecule has 0 radical (unpaired) electrons. The number of rotatable bonds is 3. The maximum atomic E-state index is 5.82. The SMILES string of the molecule is Cc1nc2cc(N)ccc2nc1Nc1ccc(N2CCOCC2)cc1. The van der Waals surface area contributed by atoms with Crippen LogP contribution in [0.5, 0.6) is 0 Å². The van der Waals surface area contributed by atoms with Crippen molar-refractivity contribution in [2.75, 3.05) is 42.3 Å². The lowest BCUT2D eigenvalue weighted by Crippen LogP contribution is -2.36. The van der Waals surface area contributed by atoms with Crippen LogP contribution in [0.1, 0.15) is 5.69 Å². The Labute approximate surface area is 146 Å². The Morgan fingerprint density at radius 2 is 1.76 bits per heavy atom. The van der Waals surface area contributed by atoms with E-state index in [2.05, 4.69) is 44.5 Å². The van der Waals surface area contributed by atoms with Crippen molar-refractivity contribution in [1.29, 1.82) is 0 Å². The molecule has 0 saturated carbocycles. The topological polar surface area (TPSA) is 76.3 Å². The summed E-state index contributed by atoms with van der Waals surface area (Å²) in [6.45, 7) is 5.39. The van der Waals surface area contributed by atoms with Gasteiger partial charge in [0.05, 0.1) is 29.9 Å². The van der Waals surface area contributed by atoms with E-state index in [4.69, 9.17) is 10.5 Å². The fraction of sp³-hybridized carbons (Fsp3) is 0.263. The number of morpholine rings is 1. The second-order valence-corrected chi connectivity index (χ2v) is 6.18. The lowest BCUT2D eigenvalue weighted by molar-refractivity contribution is 0.122. The third kappa shape index (κ3) is 3.34. The Kier molecular flexibility index (Phi) is 4.11. The number of hydrogen-bond donors (Lipinski definition) is 2. The third-order valence-corrected chi connectivity index (χ3v) is 4.37. The minimum Gasteiger partial charge on any atom is -0.399 e. The van der Waals surface area contributed by atoms with Crippen molar-refractivity contribution in [2.45, 2.75) is 6.92 Å². The van der Waals surface area contributed by atoms with E-state index in [-0.39, 0.29) is 0 Å². The Hall–Kier alpha value is -2.86. The molecule has 0 aliphatic carbocycles. The Bertz CT molecular complexity index is 888. The summed E-state index contributed by atoms with van der Waals surface area (Å²) in [6.07, 6.45) is 0. The fourth-order valence-electron chi connectivity index (χ4n) is 2.99. The smallest absolute Gasteiger partial charge is 0.152 e. The first-order valence-corrected chi connectivity index (χ1v) is 8.43. The van der Waals surface area contributed by atoms with Gasteiger partial charge in [-0.1, -0.05) is 0 Å². The van der Waals surface area contributed by atoms with Crippen LogP contribution in [-0.2, 0) is 4.74 Å². The number of anilines is 4. The molecule has 1 saturated heterocycles. The van der Waals surface area contributed by atoms with Crippen molar-refractivity contribution in [1.82, 2.24) is 9.97 Å². The van der Waals surface area contributed by atoms with Crippen LogP contribution in [0.2, 0.25) is 0 Å². The number of hydrogen-bond acceptors (Lipinski definition) is 6. The highest BCUT2D eigenvalue weighted by Gasteiger charge is 2.11. The predicted molar refractivity (Wildman–Crippen MR) is 101 cm³/mol. The van der Waals surface area contributed by atoms with E-state index in [9.17, 15) is 0 Å². The summed E-state index contributed by atoms with van der Waals surface area (Å²) in [5, 5.41) is 3.36. The van der Waals surface area contributed by atoms with E-state index in [1.54, 1.807) is 0 Å². The molecule has 0 atom stereocenters. The average molecular weight is 335 g/mol. The maximum absolute atomic E-state index is 5.82. The number of nitrogens with two attached hydrogens (primary N) is 1. The van der Waals surface area contributed by atoms with Crippen LogP contribution in [0.4, 0.5) is 22.9 Å². The molecule has 6 nitrogen and oxygen atoms in total. The molecule has 128 valence electrons. The molecule has 0 unspecified atom stereocenters. The molecular formula is C19H21N5O. The van der Waals surface area contributed by atoms with Crippen LogP contribution in [-0.4, -0.2) is 36.3 Å². The number of nitrogens with zero attached hydrogens (tertiary/aromatic N) is 3. The summed E-state index contributed by atoms with van der Waals surface area (Å²) >= 11 is 0. The van der Waals surface area contributed by atoms with Gasteiger partial charge in [0.1, 0.15) is 0 Å². The number of aromatic nitrogens is 2. The number of nitrogens with one attached hydrogen (secondary N) is 1. The van der Waals surface area contributed by atoms with E-state index < -0.39 is 0 Å². The van der Waals surface area contributed by atoms with Gasteiger partial charge in [0.25, 0.3) is 0 Å². The molecule has 6 heteroatoms. The molecule has 3 N–H and O–H groups in total. The van der Waals surface area contributed by atoms with Crippen molar-refractivity contribution >= 4 is 33.9 Å². The van der Waals surface area contributed by atoms with Crippen molar-refractivity contribution < 1.29 is 4.74 Å². The molecule has 1 aromatic heterocycles. The number of benzene rings is 2. The zero-order valence-corrected chi connectivity index (χ0v) is 14.2. The van der Waals surface area contributed by atoms with E-state index in [0.29, 0.717) is 5.69 Å². The van der Waals surface area contributed by atoms with Gasteiger partial charge in [-0.2, -0.15) is 0 Å². The van der Waals surface area contributed by atoms with Crippen LogP contribution >= 0.6 is 0 Å². The molecule has 1 aliphatic heterocycles. The van der Waals surface area contributed by atoms with Crippen LogP contribution in [0, 0.1) is 6.92 Å². The molecule has 1 aliphatic rings. The number of fused-ring (bicyclic) bond motifs is 1. The summed E-state index contributed by atoms with van der Waals surface area (Å²) in [4.78, 5) is 11.6. The fourth-order valence-corrected chi connectivity index (χ4v) is 2.99. The summed E-state index contributed by atoms with van der Waals surface area (Å²) in [5.74, 6) is 0.761. The van der Waals surface area contributed by atoms with Gasteiger partial charge in [0, 0.05) is 30.2 Å². The van der Waals surface area contributed by atoms with E-state index >= 15 is 0 Å². The summed E-state index contributed by atoms with van der Waals surface area (Å²) in [7, 11) is 0. The van der Waals surface area contributed by atoms with Crippen LogP contribution in [0.15, 0.2) is 42.5 Å². The number of nitrogen functional groups attached to an aromatic ring is 1. The second-order valence-electron chi connectivity index (χ2n) is 6.18. The molecule has 1 fully saturated rings. The highest BCUT2D eigenvalue weighted by atomic mass is 16.5. The Balaban J connectivity index is 1.56. The van der Waals surface area contributed by atoms with Gasteiger partial charge < -0.3 is 20.7 Å². The molecule has 2 aromatic carbocycles. The van der Waals surface area contributed by atoms with Crippen molar-refractivity contribution in [3.8, 4) is 0 Å². The lowest BCUT2D eigenvalue weighted by Gasteiger charge is -2.28. The zero-order chi connectivity index (χ0) is 17.2. The Morgan fingerprint density at radius 1 is 1.00 bits per heavy atom. The van der Waals surface area contributed by atoms with Crippen molar-refractivity contribution in [2.24, 2.45) is 0 Å². The largest absolute Gasteiger partial charge is 0.399 e. The van der Waals surface area contributed by atoms with Crippen molar-refractivity contribution in [3.05, 3.63) is 48.2 Å². The van der Waals surface area contributed by atoms with Gasteiger partial charge in [-0.3, -0.25) is 0 Å². The van der Waals surface area contributed by atoms with Crippen molar-refractivity contribution in [3.63, 3.8) is 0 Å². The lowest BCUT2D eigenvalue weighted by atomic mass is 10.2. The molecule has 4 rings (SSSR count). The van der Waals surface area contributed by atoms with Gasteiger partial charge in [-0.05, 0) is 49.4 Å². The number of aryl methyl sites for hydroxylation is 1.